The molecule has 0 spiro atoms. The Morgan fingerprint density at radius 1 is 1.19 bits per heavy atom. The Morgan fingerprint density at radius 2 is 1.95 bits per heavy atom. The predicted molar refractivity (Wildman–Crippen MR) is 89.9 cm³/mol. The second kappa shape index (κ2) is 8.43. The number of para-hydroxylation sites is 1. The van der Waals surface area contributed by atoms with Crippen molar-refractivity contribution < 1.29 is 4.74 Å². The van der Waals surface area contributed by atoms with Crippen LogP contribution in [-0.4, -0.2) is 19.7 Å². The normalized spacial score (nSPS) is 16.2. The minimum atomic E-state index is 0.723. The van der Waals surface area contributed by atoms with Crippen molar-refractivity contribution in [3.63, 3.8) is 0 Å². The highest BCUT2D eigenvalue weighted by molar-refractivity contribution is 5.33. The lowest BCUT2D eigenvalue weighted by Gasteiger charge is -2.19. The second-order valence-electron chi connectivity index (χ2n) is 6.89. The van der Waals surface area contributed by atoms with E-state index in [2.05, 4.69) is 43.4 Å². The molecule has 2 rings (SSSR count). The lowest BCUT2D eigenvalue weighted by atomic mass is 9.92. The summed E-state index contributed by atoms with van der Waals surface area (Å²) in [6, 6.07) is 9.27. The van der Waals surface area contributed by atoms with Gasteiger partial charge >= 0.3 is 0 Å². The van der Waals surface area contributed by atoms with Crippen LogP contribution in [0.1, 0.15) is 51.5 Å². The third-order valence-electron chi connectivity index (χ3n) is 4.37. The van der Waals surface area contributed by atoms with E-state index in [1.165, 1.54) is 37.7 Å². The number of methoxy groups -OCH3 is 1. The first kappa shape index (κ1) is 16.4. The third kappa shape index (κ3) is 6.09. The number of rotatable bonds is 10. The summed E-state index contributed by atoms with van der Waals surface area (Å²) in [7, 11) is 1.77. The molecule has 0 bridgehead atoms. The Labute approximate surface area is 130 Å². The first-order valence-electron chi connectivity index (χ1n) is 8.54. The average molecular weight is 289 g/mol. The summed E-state index contributed by atoms with van der Waals surface area (Å²) in [4.78, 5) is 0. The highest BCUT2D eigenvalue weighted by Crippen LogP contribution is 2.25. The van der Waals surface area contributed by atoms with Gasteiger partial charge in [0.25, 0.3) is 0 Å². The summed E-state index contributed by atoms with van der Waals surface area (Å²) in [6.45, 7) is 5.79. The molecule has 1 aromatic rings. The summed E-state index contributed by atoms with van der Waals surface area (Å²) in [5, 5.41) is 3.71. The molecule has 1 unspecified atom stereocenters. The van der Waals surface area contributed by atoms with Gasteiger partial charge in [-0.2, -0.15) is 0 Å². The zero-order valence-electron chi connectivity index (χ0n) is 13.9. The Balaban J connectivity index is 1.89. The molecule has 0 heterocycles. The van der Waals surface area contributed by atoms with Crippen molar-refractivity contribution in [2.75, 3.05) is 13.7 Å². The van der Waals surface area contributed by atoms with Gasteiger partial charge in [-0.1, -0.05) is 44.9 Å². The van der Waals surface area contributed by atoms with E-state index < -0.39 is 0 Å². The molecule has 1 saturated carbocycles. The molecule has 0 aliphatic heterocycles. The Morgan fingerprint density at radius 3 is 2.62 bits per heavy atom. The van der Waals surface area contributed by atoms with E-state index in [4.69, 9.17) is 4.74 Å². The van der Waals surface area contributed by atoms with Crippen LogP contribution in [0.3, 0.4) is 0 Å². The fraction of sp³-hybridized carbons (Fsp3) is 0.684. The van der Waals surface area contributed by atoms with Crippen molar-refractivity contribution in [3.8, 4) is 5.75 Å². The van der Waals surface area contributed by atoms with E-state index in [0.29, 0.717) is 0 Å². The van der Waals surface area contributed by atoms with Crippen molar-refractivity contribution in [2.45, 2.75) is 58.4 Å². The maximum atomic E-state index is 5.51. The molecule has 1 aromatic carbocycles. The second-order valence-corrected chi connectivity index (χ2v) is 6.89. The molecule has 1 N–H and O–H groups in total. The van der Waals surface area contributed by atoms with Crippen molar-refractivity contribution >= 4 is 0 Å². The van der Waals surface area contributed by atoms with E-state index in [1.54, 1.807) is 7.11 Å². The van der Waals surface area contributed by atoms with Crippen LogP contribution in [0.2, 0.25) is 0 Å². The lowest BCUT2D eigenvalue weighted by molar-refractivity contribution is 0.384. The molecule has 21 heavy (non-hydrogen) atoms. The van der Waals surface area contributed by atoms with Gasteiger partial charge in [-0.3, -0.25) is 0 Å². The number of benzene rings is 1. The van der Waals surface area contributed by atoms with Crippen LogP contribution in [0.25, 0.3) is 0 Å². The molecule has 0 radical (unpaired) electrons. The van der Waals surface area contributed by atoms with E-state index in [0.717, 1.165) is 36.6 Å². The molecule has 1 aliphatic carbocycles. The molecule has 1 aliphatic rings. The van der Waals surface area contributed by atoms with E-state index in [1.807, 2.05) is 0 Å². The topological polar surface area (TPSA) is 21.3 Å². The maximum absolute atomic E-state index is 5.51. The van der Waals surface area contributed by atoms with Crippen LogP contribution in [0.5, 0.6) is 5.75 Å². The Kier molecular flexibility index (Phi) is 6.56. The van der Waals surface area contributed by atoms with Crippen LogP contribution in [-0.2, 0) is 6.42 Å². The number of nitrogens with one attached hydrogen (secondary N) is 1. The van der Waals surface area contributed by atoms with E-state index in [-0.39, 0.29) is 0 Å². The van der Waals surface area contributed by atoms with Gasteiger partial charge < -0.3 is 10.1 Å². The quantitative estimate of drug-likeness (QED) is 0.688. The van der Waals surface area contributed by atoms with Crippen LogP contribution >= 0.6 is 0 Å². The first-order valence-corrected chi connectivity index (χ1v) is 8.54. The van der Waals surface area contributed by atoms with Crippen LogP contribution < -0.4 is 10.1 Å². The SMILES string of the molecule is COc1ccccc1CC(CCCC(C)C)CNC1CC1. The zero-order chi connectivity index (χ0) is 15.1. The zero-order valence-corrected chi connectivity index (χ0v) is 13.9. The number of hydrogen-bond acceptors (Lipinski definition) is 2. The van der Waals surface area contributed by atoms with Crippen LogP contribution in [0, 0.1) is 11.8 Å². The van der Waals surface area contributed by atoms with Gasteiger partial charge in [0.15, 0.2) is 0 Å². The molecule has 1 atom stereocenters. The largest absolute Gasteiger partial charge is 0.496 e. The third-order valence-corrected chi connectivity index (χ3v) is 4.37. The molecule has 1 fully saturated rings. The smallest absolute Gasteiger partial charge is 0.122 e. The summed E-state index contributed by atoms with van der Waals surface area (Å²) >= 11 is 0. The summed E-state index contributed by atoms with van der Waals surface area (Å²) in [6.07, 6.45) is 7.86. The fourth-order valence-electron chi connectivity index (χ4n) is 2.89. The molecule has 0 amide bonds. The number of ether oxygens (including phenoxy) is 1. The average Bonchev–Trinajstić information content (AvgIpc) is 3.29. The van der Waals surface area contributed by atoms with Gasteiger partial charge in [0, 0.05) is 6.04 Å². The van der Waals surface area contributed by atoms with Gasteiger partial charge in [0.05, 0.1) is 7.11 Å². The van der Waals surface area contributed by atoms with Gasteiger partial charge in [-0.05, 0) is 55.7 Å². The van der Waals surface area contributed by atoms with Crippen molar-refractivity contribution in [2.24, 2.45) is 11.8 Å². The van der Waals surface area contributed by atoms with E-state index >= 15 is 0 Å². The monoisotopic (exact) mass is 289 g/mol. The minimum absolute atomic E-state index is 0.723. The fourth-order valence-corrected chi connectivity index (χ4v) is 2.89. The first-order chi connectivity index (χ1) is 10.2. The Bertz CT molecular complexity index is 412. The highest BCUT2D eigenvalue weighted by Gasteiger charge is 2.22. The Hall–Kier alpha value is -1.02. The van der Waals surface area contributed by atoms with E-state index in [9.17, 15) is 0 Å². The molecular formula is C19H31NO. The summed E-state index contributed by atoms with van der Waals surface area (Å²) in [5.41, 5.74) is 1.35. The van der Waals surface area contributed by atoms with Gasteiger partial charge in [-0.25, -0.2) is 0 Å². The van der Waals surface area contributed by atoms with Crippen LogP contribution in [0.15, 0.2) is 24.3 Å². The van der Waals surface area contributed by atoms with Gasteiger partial charge in [-0.15, -0.1) is 0 Å². The van der Waals surface area contributed by atoms with Crippen molar-refractivity contribution in [1.29, 1.82) is 0 Å². The van der Waals surface area contributed by atoms with Crippen LogP contribution in [0.4, 0.5) is 0 Å². The maximum Gasteiger partial charge on any atom is 0.122 e. The van der Waals surface area contributed by atoms with Crippen molar-refractivity contribution in [3.05, 3.63) is 29.8 Å². The lowest BCUT2D eigenvalue weighted by Crippen LogP contribution is -2.26. The summed E-state index contributed by atoms with van der Waals surface area (Å²) in [5.74, 6) is 2.58. The molecule has 0 saturated heterocycles. The van der Waals surface area contributed by atoms with Crippen molar-refractivity contribution in [1.82, 2.24) is 5.32 Å². The van der Waals surface area contributed by atoms with Gasteiger partial charge in [0.2, 0.25) is 0 Å². The molecule has 118 valence electrons. The minimum Gasteiger partial charge on any atom is -0.496 e. The standard InChI is InChI=1S/C19H31NO/c1-15(2)7-6-8-16(14-20-18-11-12-18)13-17-9-4-5-10-19(17)21-3/h4-5,9-10,15-16,18,20H,6-8,11-14H2,1-3H3. The molecule has 0 aromatic heterocycles. The number of hydrogen-bond donors (Lipinski definition) is 1. The summed E-state index contributed by atoms with van der Waals surface area (Å²) < 4.78 is 5.51. The molecule has 2 nitrogen and oxygen atoms in total. The highest BCUT2D eigenvalue weighted by atomic mass is 16.5. The predicted octanol–water partition coefficient (Wildman–Crippen LogP) is 4.43. The van der Waals surface area contributed by atoms with Gasteiger partial charge in [0.1, 0.15) is 5.75 Å². The molecule has 2 heteroatoms. The molecular weight excluding hydrogens is 258 g/mol.